The first-order chi connectivity index (χ1) is 11.8. The van der Waals surface area contributed by atoms with Gasteiger partial charge >= 0.3 is 5.97 Å². The number of aromatic hydroxyl groups is 1. The van der Waals surface area contributed by atoms with Crippen molar-refractivity contribution in [3.05, 3.63) is 65.7 Å². The molecule has 0 spiro atoms. The molecule has 3 rings (SSSR count). The summed E-state index contributed by atoms with van der Waals surface area (Å²) in [5.41, 5.74) is 0.829. The van der Waals surface area contributed by atoms with E-state index in [1.54, 1.807) is 19.1 Å². The molecule has 25 heavy (non-hydrogen) atoms. The number of aromatic carboxylic acids is 1. The Labute approximate surface area is 144 Å². The van der Waals surface area contributed by atoms with Gasteiger partial charge in [-0.05, 0) is 59.7 Å². The topological polar surface area (TPSA) is 104 Å². The van der Waals surface area contributed by atoms with Gasteiger partial charge in [-0.1, -0.05) is 18.2 Å². The van der Waals surface area contributed by atoms with Crippen molar-refractivity contribution < 1.29 is 23.4 Å². The second-order valence-electron chi connectivity index (χ2n) is 5.58. The zero-order valence-corrected chi connectivity index (χ0v) is 14.0. The van der Waals surface area contributed by atoms with Crippen molar-refractivity contribution in [1.82, 2.24) is 0 Å². The van der Waals surface area contributed by atoms with Gasteiger partial charge < -0.3 is 10.2 Å². The van der Waals surface area contributed by atoms with E-state index < -0.39 is 16.0 Å². The third-order valence-electron chi connectivity index (χ3n) is 3.90. The highest BCUT2D eigenvalue weighted by Crippen LogP contribution is 2.28. The number of nitrogens with one attached hydrogen (secondary N) is 1. The Morgan fingerprint density at radius 3 is 2.52 bits per heavy atom. The molecule has 3 aromatic rings. The van der Waals surface area contributed by atoms with Crippen LogP contribution in [0.25, 0.3) is 10.8 Å². The van der Waals surface area contributed by atoms with Crippen molar-refractivity contribution in [3.63, 3.8) is 0 Å². The second-order valence-corrected chi connectivity index (χ2v) is 7.27. The third-order valence-corrected chi connectivity index (χ3v) is 5.28. The number of carbonyl (C=O) groups is 1. The fraction of sp³-hybridized carbons (Fsp3) is 0.0556. The Balaban J connectivity index is 2.00. The molecule has 0 heterocycles. The van der Waals surface area contributed by atoms with E-state index in [0.717, 1.165) is 5.39 Å². The van der Waals surface area contributed by atoms with Gasteiger partial charge in [-0.15, -0.1) is 0 Å². The normalized spacial score (nSPS) is 11.4. The van der Waals surface area contributed by atoms with Gasteiger partial charge in [-0.3, -0.25) is 4.72 Å². The average Bonchev–Trinajstić information content (AvgIpc) is 2.58. The van der Waals surface area contributed by atoms with Crippen LogP contribution in [0.4, 0.5) is 5.69 Å². The predicted octanol–water partition coefficient (Wildman–Crippen LogP) is 3.35. The summed E-state index contributed by atoms with van der Waals surface area (Å²) in [5.74, 6) is -0.992. The first kappa shape index (κ1) is 16.8. The first-order valence-electron chi connectivity index (χ1n) is 7.36. The van der Waals surface area contributed by atoms with Gasteiger partial charge in [0, 0.05) is 5.69 Å². The summed E-state index contributed by atoms with van der Waals surface area (Å²) in [7, 11) is -3.88. The van der Waals surface area contributed by atoms with E-state index >= 15 is 0 Å². The maximum atomic E-state index is 12.6. The number of hydrogen-bond donors (Lipinski definition) is 3. The molecule has 0 aliphatic carbocycles. The Hall–Kier alpha value is -3.06. The molecule has 3 aromatic carbocycles. The molecule has 0 amide bonds. The number of hydrogen-bond acceptors (Lipinski definition) is 4. The Morgan fingerprint density at radius 1 is 1.04 bits per heavy atom. The molecule has 128 valence electrons. The third kappa shape index (κ3) is 3.27. The molecule has 0 saturated carbocycles. The minimum atomic E-state index is -3.88. The molecule has 0 aliphatic rings. The number of carboxylic acid groups (broad SMARTS) is 1. The van der Waals surface area contributed by atoms with Crippen LogP contribution in [0.5, 0.6) is 5.75 Å². The van der Waals surface area contributed by atoms with Gasteiger partial charge in [-0.25, -0.2) is 13.2 Å². The number of sulfonamides is 1. The van der Waals surface area contributed by atoms with Crippen molar-refractivity contribution in [2.75, 3.05) is 4.72 Å². The van der Waals surface area contributed by atoms with E-state index in [2.05, 4.69) is 4.72 Å². The van der Waals surface area contributed by atoms with Gasteiger partial charge in [0.1, 0.15) is 5.75 Å². The van der Waals surface area contributed by atoms with Crippen molar-refractivity contribution in [3.8, 4) is 5.75 Å². The van der Waals surface area contributed by atoms with Crippen LogP contribution in [0.3, 0.4) is 0 Å². The number of anilines is 1. The quantitative estimate of drug-likeness (QED) is 0.664. The van der Waals surface area contributed by atoms with Crippen molar-refractivity contribution in [2.24, 2.45) is 0 Å². The van der Waals surface area contributed by atoms with E-state index in [1.807, 2.05) is 0 Å². The molecular formula is C18H15NO5S. The predicted molar refractivity (Wildman–Crippen MR) is 94.6 cm³/mol. The molecule has 0 radical (unpaired) electrons. The molecule has 0 aliphatic heterocycles. The van der Waals surface area contributed by atoms with Crippen LogP contribution in [-0.2, 0) is 10.0 Å². The molecule has 0 saturated heterocycles. The van der Waals surface area contributed by atoms with Crippen LogP contribution in [0.1, 0.15) is 15.9 Å². The van der Waals surface area contributed by atoms with Crippen molar-refractivity contribution in [1.29, 1.82) is 0 Å². The summed E-state index contributed by atoms with van der Waals surface area (Å²) >= 11 is 0. The molecule has 0 aromatic heterocycles. The minimum Gasteiger partial charge on any atom is -0.508 e. The van der Waals surface area contributed by atoms with Crippen molar-refractivity contribution in [2.45, 2.75) is 11.8 Å². The number of phenolic OH excluding ortho intramolecular Hbond substituents is 1. The number of rotatable bonds is 4. The van der Waals surface area contributed by atoms with Crippen LogP contribution in [-0.4, -0.2) is 24.6 Å². The van der Waals surface area contributed by atoms with Crippen LogP contribution < -0.4 is 4.72 Å². The summed E-state index contributed by atoms with van der Waals surface area (Å²) in [6, 6.07) is 13.3. The lowest BCUT2D eigenvalue weighted by molar-refractivity contribution is 0.0697. The maximum Gasteiger partial charge on any atom is 0.335 e. The van der Waals surface area contributed by atoms with Gasteiger partial charge in [0.05, 0.1) is 10.5 Å². The molecule has 0 fully saturated rings. The molecule has 3 N–H and O–H groups in total. The molecule has 6 nitrogen and oxygen atoms in total. The van der Waals surface area contributed by atoms with Gasteiger partial charge in [0.2, 0.25) is 0 Å². The number of fused-ring (bicyclic) bond motifs is 1. The number of carboxylic acids is 1. The van der Waals surface area contributed by atoms with Crippen LogP contribution in [0.15, 0.2) is 59.5 Å². The lowest BCUT2D eigenvalue weighted by Gasteiger charge is -2.11. The van der Waals surface area contributed by atoms with Crippen LogP contribution in [0.2, 0.25) is 0 Å². The Morgan fingerprint density at radius 2 is 1.80 bits per heavy atom. The largest absolute Gasteiger partial charge is 0.508 e. The zero-order chi connectivity index (χ0) is 18.2. The molecule has 7 heteroatoms. The summed E-state index contributed by atoms with van der Waals surface area (Å²) < 4.78 is 27.5. The van der Waals surface area contributed by atoms with E-state index in [1.165, 1.54) is 42.5 Å². The molecule has 0 atom stereocenters. The summed E-state index contributed by atoms with van der Waals surface area (Å²) in [4.78, 5) is 11.0. The highest BCUT2D eigenvalue weighted by molar-refractivity contribution is 7.92. The fourth-order valence-electron chi connectivity index (χ4n) is 2.55. The molecular weight excluding hydrogens is 342 g/mol. The van der Waals surface area contributed by atoms with Crippen LogP contribution >= 0.6 is 0 Å². The minimum absolute atomic E-state index is 0.00943. The van der Waals surface area contributed by atoms with Gasteiger partial charge in [0.15, 0.2) is 0 Å². The van der Waals surface area contributed by atoms with E-state index in [0.29, 0.717) is 10.9 Å². The van der Waals surface area contributed by atoms with Gasteiger partial charge in [0.25, 0.3) is 10.0 Å². The zero-order valence-electron chi connectivity index (χ0n) is 13.2. The summed E-state index contributed by atoms with van der Waals surface area (Å²) in [6.07, 6.45) is 0. The average molecular weight is 357 g/mol. The van der Waals surface area contributed by atoms with E-state index in [9.17, 15) is 18.3 Å². The monoisotopic (exact) mass is 357 g/mol. The first-order valence-corrected chi connectivity index (χ1v) is 8.85. The standard InChI is InChI=1S/C18H15NO5S/c1-11-16-7-6-15(10-12(16)5-8-17(11)20)25(23,24)19-14-4-2-3-13(9-14)18(21)22/h2-10,19-20H,1H3,(H,21,22). The summed E-state index contributed by atoms with van der Waals surface area (Å²) in [6.45, 7) is 1.75. The fourth-order valence-corrected chi connectivity index (χ4v) is 3.63. The van der Waals surface area contributed by atoms with E-state index in [-0.39, 0.29) is 21.9 Å². The summed E-state index contributed by atoms with van der Waals surface area (Å²) in [5, 5.41) is 20.2. The SMILES string of the molecule is Cc1c(O)ccc2cc(S(=O)(=O)Nc3cccc(C(=O)O)c3)ccc12. The molecule has 0 bridgehead atoms. The van der Waals surface area contributed by atoms with Crippen LogP contribution in [0, 0.1) is 6.92 Å². The Kier molecular flexibility index (Phi) is 4.10. The smallest absolute Gasteiger partial charge is 0.335 e. The van der Waals surface area contributed by atoms with Gasteiger partial charge in [-0.2, -0.15) is 0 Å². The number of aryl methyl sites for hydroxylation is 1. The Bertz CT molecular complexity index is 1090. The highest BCUT2D eigenvalue weighted by Gasteiger charge is 2.16. The maximum absolute atomic E-state index is 12.6. The van der Waals surface area contributed by atoms with Crippen molar-refractivity contribution >= 4 is 32.5 Å². The number of phenols is 1. The van der Waals surface area contributed by atoms with E-state index in [4.69, 9.17) is 5.11 Å². The molecule has 0 unspecified atom stereocenters. The lowest BCUT2D eigenvalue weighted by Crippen LogP contribution is -2.13. The lowest BCUT2D eigenvalue weighted by atomic mass is 10.1. The second kappa shape index (κ2) is 6.10. The highest BCUT2D eigenvalue weighted by atomic mass is 32.2. The number of benzene rings is 3.